The van der Waals surface area contributed by atoms with E-state index in [1.165, 1.54) is 18.2 Å². The van der Waals surface area contributed by atoms with E-state index in [0.29, 0.717) is 10.9 Å². The van der Waals surface area contributed by atoms with Crippen molar-refractivity contribution in [3.05, 3.63) is 46.0 Å². The number of rotatable bonds is 1. The molecule has 5 nitrogen and oxygen atoms in total. The number of pyridine rings is 1. The van der Waals surface area contributed by atoms with E-state index >= 15 is 0 Å². The Morgan fingerprint density at radius 2 is 2.06 bits per heavy atom. The Balaban J connectivity index is 2.84. The summed E-state index contributed by atoms with van der Waals surface area (Å²) < 4.78 is 13.4. The van der Waals surface area contributed by atoms with Gasteiger partial charge in [0.05, 0.1) is 5.56 Å². The first-order valence-corrected chi connectivity index (χ1v) is 4.46. The average Bonchev–Trinajstić information content (AvgIpc) is 2.28. The third-order valence-corrected chi connectivity index (χ3v) is 2.21. The van der Waals surface area contributed by atoms with Gasteiger partial charge in [0.1, 0.15) is 5.82 Å². The Morgan fingerprint density at radius 3 is 2.75 bits per heavy atom. The summed E-state index contributed by atoms with van der Waals surface area (Å²) in [5.41, 5.74) is 1.73. The predicted molar refractivity (Wildman–Crippen MR) is 56.2 cm³/mol. The molecule has 1 aromatic carbocycles. The molecule has 6 heteroatoms. The second-order valence-corrected chi connectivity index (χ2v) is 3.18. The Morgan fingerprint density at radius 1 is 1.31 bits per heavy atom. The lowest BCUT2D eigenvalue weighted by atomic mass is 10.1. The number of hydrogen-bond donors (Lipinski definition) is 3. The topological polar surface area (TPSA) is 88.0 Å². The van der Waals surface area contributed by atoms with Crippen molar-refractivity contribution in [1.29, 1.82) is 0 Å². The third kappa shape index (κ3) is 1.55. The molecule has 1 heterocycles. The second-order valence-electron chi connectivity index (χ2n) is 3.18. The maximum atomic E-state index is 13.4. The number of halogens is 1. The van der Waals surface area contributed by atoms with Gasteiger partial charge in [0.2, 0.25) is 5.56 Å². The summed E-state index contributed by atoms with van der Waals surface area (Å²) in [6, 6.07) is 5.08. The molecule has 2 aromatic rings. The van der Waals surface area contributed by atoms with Crippen LogP contribution in [0.5, 0.6) is 0 Å². The minimum atomic E-state index is -0.741. The molecular weight excluding hydrogens is 213 g/mol. The van der Waals surface area contributed by atoms with Crippen LogP contribution in [0.2, 0.25) is 0 Å². The van der Waals surface area contributed by atoms with Crippen molar-refractivity contribution in [2.45, 2.75) is 0 Å². The van der Waals surface area contributed by atoms with Crippen molar-refractivity contribution < 1.29 is 9.18 Å². The Hall–Kier alpha value is -2.21. The third-order valence-electron chi connectivity index (χ3n) is 2.21. The fraction of sp³-hybridized carbons (Fsp3) is 0. The fourth-order valence-corrected chi connectivity index (χ4v) is 1.51. The van der Waals surface area contributed by atoms with E-state index in [0.717, 1.165) is 6.07 Å². The number of nitrogens with two attached hydrogens (primary N) is 1. The zero-order valence-corrected chi connectivity index (χ0v) is 8.08. The number of fused-ring (bicyclic) bond motifs is 1. The van der Waals surface area contributed by atoms with E-state index in [9.17, 15) is 14.0 Å². The van der Waals surface area contributed by atoms with Crippen LogP contribution in [0.15, 0.2) is 29.1 Å². The number of amides is 1. The van der Waals surface area contributed by atoms with Gasteiger partial charge in [-0.3, -0.25) is 15.0 Å². The van der Waals surface area contributed by atoms with Crippen LogP contribution in [0.25, 0.3) is 10.9 Å². The first-order valence-electron chi connectivity index (χ1n) is 4.46. The van der Waals surface area contributed by atoms with E-state index in [4.69, 9.17) is 5.84 Å². The van der Waals surface area contributed by atoms with Crippen molar-refractivity contribution in [3.8, 4) is 0 Å². The van der Waals surface area contributed by atoms with Gasteiger partial charge in [-0.05, 0) is 18.2 Å². The van der Waals surface area contributed by atoms with Gasteiger partial charge in [0.25, 0.3) is 5.91 Å². The fourth-order valence-electron chi connectivity index (χ4n) is 1.51. The number of hydrazine groups is 1. The quantitative estimate of drug-likeness (QED) is 0.367. The molecule has 0 spiro atoms. The molecule has 16 heavy (non-hydrogen) atoms. The van der Waals surface area contributed by atoms with Crippen LogP contribution in [-0.4, -0.2) is 10.9 Å². The van der Waals surface area contributed by atoms with E-state index in [2.05, 4.69) is 4.98 Å². The number of nitrogens with one attached hydrogen (secondary N) is 2. The van der Waals surface area contributed by atoms with Crippen LogP contribution in [-0.2, 0) is 0 Å². The molecule has 1 amide bonds. The Labute approximate surface area is 89.0 Å². The highest BCUT2D eigenvalue weighted by Gasteiger charge is 2.14. The zero-order valence-electron chi connectivity index (χ0n) is 8.08. The molecule has 0 radical (unpaired) electrons. The minimum Gasteiger partial charge on any atom is -0.322 e. The summed E-state index contributed by atoms with van der Waals surface area (Å²) in [4.78, 5) is 24.9. The summed E-state index contributed by atoms with van der Waals surface area (Å²) in [5, 5.41) is 0.308. The molecule has 0 atom stereocenters. The lowest BCUT2D eigenvalue weighted by Crippen LogP contribution is -2.31. The monoisotopic (exact) mass is 221 g/mol. The van der Waals surface area contributed by atoms with E-state index in [-0.39, 0.29) is 11.1 Å². The van der Waals surface area contributed by atoms with Gasteiger partial charge in [-0.15, -0.1) is 0 Å². The number of nitrogen functional groups attached to an aromatic ring is 1. The molecule has 4 N–H and O–H groups in total. The molecule has 0 fully saturated rings. The molecule has 1 aromatic heterocycles. The molecule has 2 rings (SSSR count). The van der Waals surface area contributed by atoms with Gasteiger partial charge in [-0.25, -0.2) is 10.2 Å². The molecule has 0 bridgehead atoms. The van der Waals surface area contributed by atoms with Crippen molar-refractivity contribution in [2.24, 2.45) is 5.84 Å². The van der Waals surface area contributed by atoms with Gasteiger partial charge >= 0.3 is 0 Å². The summed E-state index contributed by atoms with van der Waals surface area (Å²) >= 11 is 0. The SMILES string of the molecule is NNC(=O)c1c(F)ccc2[nH]c(=O)ccc12. The molecular formula is C10H8FN3O2. The number of carbonyl (C=O) groups is 1. The van der Waals surface area contributed by atoms with Gasteiger partial charge in [0.15, 0.2) is 0 Å². The number of H-pyrrole nitrogens is 1. The number of aromatic amines is 1. The number of aromatic nitrogens is 1. The van der Waals surface area contributed by atoms with Crippen molar-refractivity contribution in [3.63, 3.8) is 0 Å². The normalized spacial score (nSPS) is 10.4. The predicted octanol–water partition coefficient (Wildman–Crippen LogP) is 0.271. The standard InChI is InChI=1S/C10H8FN3O2/c11-6-2-3-7-5(1-4-8(15)13-7)9(6)10(16)14-12/h1-4H,12H2,(H,13,15)(H,14,16). The van der Waals surface area contributed by atoms with Crippen LogP contribution >= 0.6 is 0 Å². The molecule has 0 saturated heterocycles. The van der Waals surface area contributed by atoms with Crippen LogP contribution < -0.4 is 16.8 Å². The van der Waals surface area contributed by atoms with E-state index in [1.807, 2.05) is 5.43 Å². The number of hydrogen-bond acceptors (Lipinski definition) is 3. The highest BCUT2D eigenvalue weighted by molar-refractivity contribution is 6.06. The number of carbonyl (C=O) groups excluding carboxylic acids is 1. The van der Waals surface area contributed by atoms with Crippen LogP contribution in [0.4, 0.5) is 4.39 Å². The summed E-state index contributed by atoms with van der Waals surface area (Å²) in [6.07, 6.45) is 0. The number of benzene rings is 1. The lowest BCUT2D eigenvalue weighted by Gasteiger charge is -2.05. The molecule has 0 aliphatic rings. The maximum Gasteiger partial charge on any atom is 0.268 e. The smallest absolute Gasteiger partial charge is 0.268 e. The molecule has 0 saturated carbocycles. The lowest BCUT2D eigenvalue weighted by molar-refractivity contribution is 0.0951. The highest BCUT2D eigenvalue weighted by Crippen LogP contribution is 2.18. The van der Waals surface area contributed by atoms with Crippen LogP contribution in [0.3, 0.4) is 0 Å². The van der Waals surface area contributed by atoms with E-state index in [1.54, 1.807) is 0 Å². The second kappa shape index (κ2) is 3.74. The first-order chi connectivity index (χ1) is 7.63. The summed E-state index contributed by atoms with van der Waals surface area (Å²) in [5.74, 6) is 3.52. The summed E-state index contributed by atoms with van der Waals surface area (Å²) in [7, 11) is 0. The van der Waals surface area contributed by atoms with Gasteiger partial charge in [-0.2, -0.15) is 0 Å². The summed E-state index contributed by atoms with van der Waals surface area (Å²) in [6.45, 7) is 0. The van der Waals surface area contributed by atoms with Crippen LogP contribution in [0.1, 0.15) is 10.4 Å². The van der Waals surface area contributed by atoms with Gasteiger partial charge in [0, 0.05) is 17.0 Å². The molecule has 0 unspecified atom stereocenters. The molecule has 0 aliphatic carbocycles. The minimum absolute atomic E-state index is 0.184. The van der Waals surface area contributed by atoms with Crippen molar-refractivity contribution in [2.75, 3.05) is 0 Å². The zero-order chi connectivity index (χ0) is 11.7. The van der Waals surface area contributed by atoms with Gasteiger partial charge < -0.3 is 4.98 Å². The van der Waals surface area contributed by atoms with Gasteiger partial charge in [-0.1, -0.05) is 0 Å². The van der Waals surface area contributed by atoms with Crippen molar-refractivity contribution >= 4 is 16.8 Å². The molecule has 0 aliphatic heterocycles. The Kier molecular flexibility index (Phi) is 2.41. The maximum absolute atomic E-state index is 13.4. The highest BCUT2D eigenvalue weighted by atomic mass is 19.1. The largest absolute Gasteiger partial charge is 0.322 e. The van der Waals surface area contributed by atoms with Crippen LogP contribution in [0, 0.1) is 5.82 Å². The van der Waals surface area contributed by atoms with E-state index < -0.39 is 11.7 Å². The van der Waals surface area contributed by atoms with Crippen molar-refractivity contribution in [1.82, 2.24) is 10.4 Å². The Bertz CT molecular complexity index is 621. The molecule has 82 valence electrons. The first kappa shape index (κ1) is 10.3. The average molecular weight is 221 g/mol.